The fourth-order valence-corrected chi connectivity index (χ4v) is 3.97. The maximum atomic E-state index is 13.0. The van der Waals surface area contributed by atoms with Gasteiger partial charge in [-0.25, -0.2) is 9.78 Å². The predicted octanol–water partition coefficient (Wildman–Crippen LogP) is 3.35. The van der Waals surface area contributed by atoms with Crippen LogP contribution in [0.15, 0.2) is 61.1 Å². The quantitative estimate of drug-likeness (QED) is 0.627. The summed E-state index contributed by atoms with van der Waals surface area (Å²) < 4.78 is 1.46. The van der Waals surface area contributed by atoms with Crippen LogP contribution in [0.4, 0.5) is 10.5 Å². The molecule has 1 aromatic heterocycles. The lowest BCUT2D eigenvalue weighted by Crippen LogP contribution is -2.46. The second-order valence-electron chi connectivity index (χ2n) is 7.71. The molecular formula is C23H26ClN5O3. The van der Waals surface area contributed by atoms with Gasteiger partial charge in [-0.15, -0.1) is 12.4 Å². The molecule has 0 unspecified atom stereocenters. The van der Waals surface area contributed by atoms with Gasteiger partial charge in [0.15, 0.2) is 0 Å². The van der Waals surface area contributed by atoms with Crippen LogP contribution in [0.25, 0.3) is 11.3 Å². The summed E-state index contributed by atoms with van der Waals surface area (Å²) in [5.41, 5.74) is 7.89. The van der Waals surface area contributed by atoms with E-state index >= 15 is 0 Å². The summed E-state index contributed by atoms with van der Waals surface area (Å²) in [6.07, 6.45) is 4.76. The molecule has 1 aliphatic rings. The molecule has 0 radical (unpaired) electrons. The minimum Gasteiger partial charge on any atom is -0.506 e. The predicted molar refractivity (Wildman–Crippen MR) is 125 cm³/mol. The van der Waals surface area contributed by atoms with Crippen molar-refractivity contribution in [2.75, 3.05) is 25.0 Å². The van der Waals surface area contributed by atoms with Crippen molar-refractivity contribution in [2.24, 2.45) is 5.73 Å². The van der Waals surface area contributed by atoms with Gasteiger partial charge < -0.3 is 20.6 Å². The summed E-state index contributed by atoms with van der Waals surface area (Å²) in [5, 5.41) is 10.1. The highest BCUT2D eigenvalue weighted by Gasteiger charge is 2.27. The zero-order chi connectivity index (χ0) is 22.0. The standard InChI is InChI=1S/C23H25N5O3.ClH/c1-26(18-9-11-27(12-10-18)20-7-2-3-8-21(20)29)23(31)28-14-19(25-15-28)16-5-4-6-17(13-16)22(24)30;/h2-8,13-15,18,29H,9-12H2,1H3,(H2,24,30);1H. The molecule has 0 bridgehead atoms. The average molecular weight is 456 g/mol. The topological polar surface area (TPSA) is 105 Å². The highest BCUT2D eigenvalue weighted by molar-refractivity contribution is 5.94. The summed E-state index contributed by atoms with van der Waals surface area (Å²) in [6.45, 7) is 1.52. The Balaban J connectivity index is 0.00000289. The Bertz CT molecular complexity index is 1110. The van der Waals surface area contributed by atoms with Crippen LogP contribution in [-0.2, 0) is 0 Å². The van der Waals surface area contributed by atoms with Crippen molar-refractivity contribution in [1.82, 2.24) is 14.5 Å². The number of piperidine rings is 1. The molecule has 2 amide bonds. The summed E-state index contributed by atoms with van der Waals surface area (Å²) in [4.78, 5) is 32.6. The minimum absolute atomic E-state index is 0. The zero-order valence-corrected chi connectivity index (χ0v) is 18.5. The number of carbonyl (C=O) groups is 2. The Hall–Kier alpha value is -3.52. The number of primary amides is 1. The first-order valence-electron chi connectivity index (χ1n) is 10.2. The molecule has 32 heavy (non-hydrogen) atoms. The Morgan fingerprint density at radius 2 is 1.84 bits per heavy atom. The van der Waals surface area contributed by atoms with Gasteiger partial charge in [-0.1, -0.05) is 24.3 Å². The summed E-state index contributed by atoms with van der Waals surface area (Å²) >= 11 is 0. The van der Waals surface area contributed by atoms with E-state index in [2.05, 4.69) is 9.88 Å². The molecule has 1 fully saturated rings. The molecule has 0 saturated carbocycles. The number of benzene rings is 2. The van der Waals surface area contributed by atoms with Crippen molar-refractivity contribution < 1.29 is 14.7 Å². The van der Waals surface area contributed by atoms with Gasteiger partial charge in [0.2, 0.25) is 5.91 Å². The fraction of sp³-hybridized carbons (Fsp3) is 0.261. The van der Waals surface area contributed by atoms with Crippen LogP contribution in [0.1, 0.15) is 23.2 Å². The Kier molecular flexibility index (Phi) is 7.05. The van der Waals surface area contributed by atoms with Crippen LogP contribution < -0.4 is 10.6 Å². The largest absolute Gasteiger partial charge is 0.506 e. The third-order valence-corrected chi connectivity index (χ3v) is 5.78. The van der Waals surface area contributed by atoms with Gasteiger partial charge in [0.1, 0.15) is 12.1 Å². The first-order chi connectivity index (χ1) is 14.9. The van der Waals surface area contributed by atoms with Crippen molar-refractivity contribution in [1.29, 1.82) is 0 Å². The number of rotatable bonds is 4. The summed E-state index contributed by atoms with van der Waals surface area (Å²) in [7, 11) is 1.80. The molecule has 0 aliphatic carbocycles. The van der Waals surface area contributed by atoms with E-state index in [1.165, 1.54) is 10.9 Å². The molecule has 1 aliphatic heterocycles. The molecule has 168 valence electrons. The van der Waals surface area contributed by atoms with Gasteiger partial charge in [0, 0.05) is 43.5 Å². The van der Waals surface area contributed by atoms with E-state index in [4.69, 9.17) is 5.73 Å². The highest BCUT2D eigenvalue weighted by Crippen LogP contribution is 2.30. The van der Waals surface area contributed by atoms with Gasteiger partial charge in [-0.3, -0.25) is 9.36 Å². The molecule has 8 nitrogen and oxygen atoms in total. The molecule has 0 atom stereocenters. The van der Waals surface area contributed by atoms with Gasteiger partial charge in [-0.2, -0.15) is 0 Å². The number of phenolic OH excluding ortho intramolecular Hbond substituents is 1. The van der Waals surface area contributed by atoms with Crippen LogP contribution in [0.2, 0.25) is 0 Å². The lowest BCUT2D eigenvalue weighted by Gasteiger charge is -2.37. The van der Waals surface area contributed by atoms with Crippen molar-refractivity contribution in [3.63, 3.8) is 0 Å². The number of aromatic nitrogens is 2. The third-order valence-electron chi connectivity index (χ3n) is 5.78. The number of aromatic hydroxyl groups is 1. The number of nitrogens with zero attached hydrogens (tertiary/aromatic N) is 4. The van der Waals surface area contributed by atoms with Crippen LogP contribution >= 0.6 is 12.4 Å². The molecule has 0 spiro atoms. The normalized spacial score (nSPS) is 14.0. The molecule has 3 N–H and O–H groups in total. The van der Waals surface area contributed by atoms with Crippen LogP contribution in [-0.4, -0.2) is 57.7 Å². The number of hydrogen-bond donors (Lipinski definition) is 2. The van der Waals surface area contributed by atoms with E-state index in [1.807, 2.05) is 24.3 Å². The van der Waals surface area contributed by atoms with Gasteiger partial charge in [0.25, 0.3) is 0 Å². The first-order valence-corrected chi connectivity index (χ1v) is 10.2. The Morgan fingerprint density at radius 3 is 2.53 bits per heavy atom. The van der Waals surface area contributed by atoms with E-state index in [0.717, 1.165) is 37.2 Å². The average Bonchev–Trinajstić information content (AvgIpc) is 3.29. The second kappa shape index (κ2) is 9.74. The van der Waals surface area contributed by atoms with Crippen molar-refractivity contribution in [3.8, 4) is 17.0 Å². The van der Waals surface area contributed by atoms with E-state index < -0.39 is 5.91 Å². The lowest BCUT2D eigenvalue weighted by atomic mass is 10.0. The van der Waals surface area contributed by atoms with Crippen LogP contribution in [0, 0.1) is 0 Å². The number of anilines is 1. The number of amides is 2. The summed E-state index contributed by atoms with van der Waals surface area (Å²) in [5.74, 6) is -0.232. The minimum atomic E-state index is -0.507. The fourth-order valence-electron chi connectivity index (χ4n) is 3.97. The van der Waals surface area contributed by atoms with E-state index in [-0.39, 0.29) is 30.2 Å². The number of para-hydroxylation sites is 2. The SMILES string of the molecule is CN(C(=O)n1cnc(-c2cccc(C(N)=O)c2)c1)C1CCN(c2ccccc2O)CC1.Cl. The van der Waals surface area contributed by atoms with Crippen LogP contribution in [0.5, 0.6) is 5.75 Å². The molecule has 4 rings (SSSR count). The number of hydrogen-bond acceptors (Lipinski definition) is 5. The Labute approximate surface area is 192 Å². The summed E-state index contributed by atoms with van der Waals surface area (Å²) in [6, 6.07) is 14.1. The van der Waals surface area contributed by atoms with Crippen molar-refractivity contribution in [2.45, 2.75) is 18.9 Å². The number of halogens is 1. The van der Waals surface area contributed by atoms with Gasteiger partial charge in [0.05, 0.1) is 11.4 Å². The maximum absolute atomic E-state index is 13.0. The maximum Gasteiger partial charge on any atom is 0.329 e. The number of carbonyl (C=O) groups excluding carboxylic acids is 2. The monoisotopic (exact) mass is 455 g/mol. The molecular weight excluding hydrogens is 430 g/mol. The second-order valence-corrected chi connectivity index (χ2v) is 7.71. The molecule has 3 aromatic rings. The molecule has 9 heteroatoms. The first kappa shape index (κ1) is 23.1. The highest BCUT2D eigenvalue weighted by atomic mass is 35.5. The molecule has 2 aromatic carbocycles. The van der Waals surface area contributed by atoms with E-state index in [0.29, 0.717) is 11.3 Å². The zero-order valence-electron chi connectivity index (χ0n) is 17.7. The number of imidazole rings is 1. The number of nitrogens with two attached hydrogens (primary N) is 1. The molecule has 1 saturated heterocycles. The van der Waals surface area contributed by atoms with Gasteiger partial charge in [-0.05, 0) is 37.1 Å². The van der Waals surface area contributed by atoms with Crippen molar-refractivity contribution >= 4 is 30.0 Å². The van der Waals surface area contributed by atoms with Gasteiger partial charge >= 0.3 is 6.03 Å². The lowest BCUT2D eigenvalue weighted by molar-refractivity contribution is 0.1000. The smallest absolute Gasteiger partial charge is 0.329 e. The van der Waals surface area contributed by atoms with Crippen LogP contribution in [0.3, 0.4) is 0 Å². The third kappa shape index (κ3) is 4.70. The molecule has 2 heterocycles. The Morgan fingerprint density at radius 1 is 1.12 bits per heavy atom. The number of phenols is 1. The van der Waals surface area contributed by atoms with E-state index in [1.54, 1.807) is 42.4 Å². The van der Waals surface area contributed by atoms with E-state index in [9.17, 15) is 14.7 Å². The van der Waals surface area contributed by atoms with Crippen molar-refractivity contribution in [3.05, 3.63) is 66.6 Å².